The van der Waals surface area contributed by atoms with E-state index in [1.807, 2.05) is 12.1 Å². The van der Waals surface area contributed by atoms with Crippen LogP contribution in [0.2, 0.25) is 0 Å². The van der Waals surface area contributed by atoms with Crippen LogP contribution in [-0.4, -0.2) is 43.9 Å². The molecule has 0 heterocycles. The summed E-state index contributed by atoms with van der Waals surface area (Å²) in [7, 11) is 6.18. The van der Waals surface area contributed by atoms with Crippen molar-refractivity contribution in [1.29, 1.82) is 0 Å². The second kappa shape index (κ2) is 17.1. The quantitative estimate of drug-likeness (QED) is 0.122. The van der Waals surface area contributed by atoms with Crippen LogP contribution in [0.5, 0.6) is 0 Å². The van der Waals surface area contributed by atoms with Gasteiger partial charge in [-0.1, -0.05) is 36.4 Å². The maximum absolute atomic E-state index is 13.6. The molecule has 5 aromatic rings. The Kier molecular flexibility index (Phi) is 14.2. The van der Waals surface area contributed by atoms with E-state index in [0.717, 1.165) is 0 Å². The summed E-state index contributed by atoms with van der Waals surface area (Å²) in [6.45, 7) is 0. The fraction of sp³-hybridized carbons (Fsp3) is 0.125. The molecule has 0 saturated heterocycles. The number of benzene rings is 5. The van der Waals surface area contributed by atoms with Gasteiger partial charge in [0.15, 0.2) is 46.5 Å². The van der Waals surface area contributed by atoms with Crippen LogP contribution >= 0.6 is 0 Å². The standard InChI is InChI=1S/C10H3BF7.2C8H11N.C6H3BF5/c11-3-4(12)1-2(5(13)8(3)16)7(15)10(18)9(17)6(1)14;2*1-9(2)8-6-4-3-5-7-8;7-1-2(8)4(10)6(12)5(11)3(1)9/h11H3;2*3-7H,1-2H3;7H3/q-1;;;-1/p+2. The maximum atomic E-state index is 13.6. The molecule has 0 amide bonds. The molecule has 0 aromatic heterocycles. The summed E-state index contributed by atoms with van der Waals surface area (Å²) in [5.41, 5.74) is 1.34. The maximum Gasteiger partial charge on any atom is 0.200 e. The fourth-order valence-corrected chi connectivity index (χ4v) is 3.41. The van der Waals surface area contributed by atoms with Gasteiger partial charge in [0.25, 0.3) is 0 Å². The molecular formula is C32H30B2F12N2. The van der Waals surface area contributed by atoms with E-state index in [-0.39, 0.29) is 0 Å². The normalized spacial score (nSPS) is 10.7. The lowest BCUT2D eigenvalue weighted by molar-refractivity contribution is -0.786. The molecule has 0 aliphatic carbocycles. The summed E-state index contributed by atoms with van der Waals surface area (Å²) >= 11 is 0. The Morgan fingerprint density at radius 2 is 0.562 bits per heavy atom. The monoisotopic (exact) mass is 692 g/mol. The van der Waals surface area contributed by atoms with Crippen LogP contribution in [0.15, 0.2) is 60.7 Å². The Morgan fingerprint density at radius 1 is 0.333 bits per heavy atom. The minimum absolute atomic E-state index is 0.619. The van der Waals surface area contributed by atoms with Crippen molar-refractivity contribution in [2.24, 2.45) is 0 Å². The summed E-state index contributed by atoms with van der Waals surface area (Å²) in [5, 5.41) is -2.94. The third-order valence-electron chi connectivity index (χ3n) is 5.81. The van der Waals surface area contributed by atoms with E-state index in [9.17, 15) is 52.7 Å². The molecule has 5 aromatic carbocycles. The van der Waals surface area contributed by atoms with E-state index in [0.29, 0.717) is 0 Å². The topological polar surface area (TPSA) is 8.88 Å². The highest BCUT2D eigenvalue weighted by Gasteiger charge is 2.27. The first-order valence-corrected chi connectivity index (χ1v) is 12.8. The van der Waals surface area contributed by atoms with E-state index in [1.54, 1.807) is 0 Å². The smallest absolute Gasteiger partial charge is 0.200 e. The Hall–Kier alpha value is -4.43. The third-order valence-corrected chi connectivity index (χ3v) is 5.81. The predicted molar refractivity (Wildman–Crippen MR) is 167 cm³/mol. The molecule has 0 aliphatic rings. The van der Waals surface area contributed by atoms with E-state index in [2.05, 4.69) is 76.7 Å². The fourth-order valence-electron chi connectivity index (χ4n) is 3.41. The van der Waals surface area contributed by atoms with Gasteiger partial charge in [-0.25, -0.2) is 52.7 Å². The zero-order valence-corrected chi connectivity index (χ0v) is 24.3. The molecule has 0 atom stereocenters. The van der Waals surface area contributed by atoms with Crippen LogP contribution < -0.4 is 20.7 Å². The zero-order valence-electron chi connectivity index (χ0n) is 24.3. The summed E-state index contributed by atoms with van der Waals surface area (Å²) in [6.07, 6.45) is 0. The molecule has 5 rings (SSSR count). The summed E-state index contributed by atoms with van der Waals surface area (Å²) in [6, 6.07) is 20.8. The number of para-hydroxylation sites is 2. The summed E-state index contributed by atoms with van der Waals surface area (Å²) in [5.74, 6) is -23.1. The number of nitrogens with one attached hydrogen (secondary N) is 2. The van der Waals surface area contributed by atoms with Crippen molar-refractivity contribution in [2.75, 3.05) is 28.2 Å². The predicted octanol–water partition coefficient (Wildman–Crippen LogP) is 3.10. The largest absolute Gasteiger partial charge is 0.307 e. The van der Waals surface area contributed by atoms with Gasteiger partial charge in [-0.2, -0.15) is 0 Å². The molecule has 0 aliphatic heterocycles. The Morgan fingerprint density at radius 3 is 0.875 bits per heavy atom. The van der Waals surface area contributed by atoms with Crippen LogP contribution in [0, 0.1) is 69.8 Å². The lowest BCUT2D eigenvalue weighted by atomic mass is 9.90. The zero-order chi connectivity index (χ0) is 36.6. The minimum Gasteiger partial charge on any atom is -0.307 e. The highest BCUT2D eigenvalue weighted by molar-refractivity contribution is 6.33. The van der Waals surface area contributed by atoms with E-state index >= 15 is 0 Å². The second-order valence-electron chi connectivity index (χ2n) is 9.50. The number of halogens is 12. The molecule has 0 saturated carbocycles. The van der Waals surface area contributed by atoms with E-state index < -0.39 is 107 Å². The van der Waals surface area contributed by atoms with Crippen molar-refractivity contribution in [1.82, 2.24) is 0 Å². The Labute approximate surface area is 270 Å². The van der Waals surface area contributed by atoms with Gasteiger partial charge in [-0.05, 0) is 40.0 Å². The molecule has 48 heavy (non-hydrogen) atoms. The van der Waals surface area contributed by atoms with Crippen LogP contribution in [0.1, 0.15) is 0 Å². The Bertz CT molecular complexity index is 1610. The number of fused-ring (bicyclic) bond motifs is 1. The number of hydrogen-bond acceptors (Lipinski definition) is 0. The van der Waals surface area contributed by atoms with Gasteiger partial charge < -0.3 is 9.80 Å². The van der Waals surface area contributed by atoms with E-state index in [4.69, 9.17) is 0 Å². The minimum atomic E-state index is -2.31. The van der Waals surface area contributed by atoms with Crippen molar-refractivity contribution >= 4 is 48.8 Å². The molecule has 0 spiro atoms. The van der Waals surface area contributed by atoms with Gasteiger partial charge in [-0.3, -0.25) is 0 Å². The van der Waals surface area contributed by atoms with Gasteiger partial charge in [0, 0.05) is 0 Å². The van der Waals surface area contributed by atoms with Crippen molar-refractivity contribution < 1.29 is 62.5 Å². The van der Waals surface area contributed by atoms with Crippen molar-refractivity contribution in [3.63, 3.8) is 0 Å². The van der Waals surface area contributed by atoms with Crippen LogP contribution in [0.25, 0.3) is 10.8 Å². The molecule has 2 N–H and O–H groups in total. The van der Waals surface area contributed by atoms with Gasteiger partial charge >= 0.3 is 0 Å². The van der Waals surface area contributed by atoms with Crippen molar-refractivity contribution in [2.45, 2.75) is 0 Å². The lowest BCUT2D eigenvalue weighted by Crippen LogP contribution is -3.00. The van der Waals surface area contributed by atoms with Gasteiger partial charge in [0.1, 0.15) is 34.6 Å². The highest BCUT2D eigenvalue weighted by atomic mass is 19.2. The summed E-state index contributed by atoms with van der Waals surface area (Å²) in [4.78, 5) is 2.74. The Balaban J connectivity index is 0.000000233. The molecule has 0 bridgehead atoms. The van der Waals surface area contributed by atoms with Gasteiger partial charge in [-0.15, -0.1) is 10.9 Å². The first kappa shape index (κ1) is 39.7. The first-order chi connectivity index (χ1) is 22.4. The molecule has 2 nitrogen and oxygen atoms in total. The molecular weight excluding hydrogens is 662 g/mol. The van der Waals surface area contributed by atoms with Crippen LogP contribution in [0.3, 0.4) is 0 Å². The molecule has 258 valence electrons. The lowest BCUT2D eigenvalue weighted by Gasteiger charge is -2.12. The highest BCUT2D eigenvalue weighted by Crippen LogP contribution is 2.31. The number of quaternary nitrogens is 2. The van der Waals surface area contributed by atoms with E-state index in [1.165, 1.54) is 21.2 Å². The average molecular weight is 692 g/mol. The average Bonchev–Trinajstić information content (AvgIpc) is 3.09. The third kappa shape index (κ3) is 8.92. The first-order valence-electron chi connectivity index (χ1n) is 12.8. The molecule has 0 fully saturated rings. The van der Waals surface area contributed by atoms with Crippen molar-refractivity contribution in [3.8, 4) is 0 Å². The van der Waals surface area contributed by atoms with Gasteiger partial charge in [0.05, 0.1) is 39.0 Å². The molecule has 0 radical (unpaired) electrons. The molecule has 16 heteroatoms. The van der Waals surface area contributed by atoms with Crippen LogP contribution in [-0.2, 0) is 0 Å². The van der Waals surface area contributed by atoms with Gasteiger partial charge in [0.2, 0.25) is 0 Å². The number of hydrogen-bond donors (Lipinski definition) is 2. The summed E-state index contributed by atoms with van der Waals surface area (Å²) < 4.78 is 154. The molecule has 0 unspecified atom stereocenters. The second-order valence-corrected chi connectivity index (χ2v) is 9.50. The van der Waals surface area contributed by atoms with Crippen molar-refractivity contribution in [3.05, 3.63) is 130 Å². The SMILES string of the molecule is C[NH+](C)c1ccccc1.C[NH+](C)c1ccccc1.[BH3-]c1c(F)c(F)c(F)c(F)c1F.[BH3-]c1c(F)c(F)c2c(F)c(F)c(F)c(F)c2c1F. The number of rotatable bonds is 2. The van der Waals surface area contributed by atoms with Crippen LogP contribution in [0.4, 0.5) is 64.1 Å².